The molecule has 3 atom stereocenters. The van der Waals surface area contributed by atoms with Crippen LogP contribution in [0.4, 0.5) is 4.79 Å². The van der Waals surface area contributed by atoms with E-state index in [9.17, 15) is 9.59 Å². The number of carbonyl (C=O) groups excluding carboxylic acids is 2. The molecule has 0 bridgehead atoms. The van der Waals surface area contributed by atoms with Gasteiger partial charge in [0.1, 0.15) is 29.3 Å². The van der Waals surface area contributed by atoms with Crippen LogP contribution in [0.5, 0.6) is 5.75 Å². The van der Waals surface area contributed by atoms with Gasteiger partial charge in [-0.05, 0) is 59.2 Å². The second kappa shape index (κ2) is 10.4. The average Bonchev–Trinajstić information content (AvgIpc) is 2.70. The Morgan fingerprint density at radius 3 is 2.19 bits per heavy atom. The van der Waals surface area contributed by atoms with Crippen LogP contribution in [0.15, 0.2) is 54.6 Å². The number of aryl methyl sites for hydroxylation is 1. The van der Waals surface area contributed by atoms with E-state index in [4.69, 9.17) is 14.2 Å². The average molecular weight is 428 g/mol. The van der Waals surface area contributed by atoms with Gasteiger partial charge < -0.3 is 24.3 Å². The number of para-hydroxylation sites is 1. The molecule has 0 aliphatic rings. The SMILES string of the molecule is Cc1ccc([C@@H](Oc2ccccc2)[C@H](C)OC[C@](C)(C=O)NC(=O)OC(C)(C)C)cc1. The van der Waals surface area contributed by atoms with Crippen molar-refractivity contribution in [3.8, 4) is 5.75 Å². The van der Waals surface area contributed by atoms with Crippen LogP contribution in [0.3, 0.4) is 0 Å². The summed E-state index contributed by atoms with van der Waals surface area (Å²) in [6, 6.07) is 17.5. The van der Waals surface area contributed by atoms with Crippen LogP contribution in [-0.4, -0.2) is 36.2 Å². The fraction of sp³-hybridized carbons (Fsp3) is 0.440. The van der Waals surface area contributed by atoms with Gasteiger partial charge in [0.25, 0.3) is 0 Å². The molecule has 6 heteroatoms. The second-order valence-corrected chi connectivity index (χ2v) is 8.94. The minimum atomic E-state index is -1.23. The van der Waals surface area contributed by atoms with E-state index in [1.165, 1.54) is 0 Å². The maximum absolute atomic E-state index is 12.1. The molecule has 0 unspecified atom stereocenters. The van der Waals surface area contributed by atoms with Crippen LogP contribution in [0.2, 0.25) is 0 Å². The Balaban J connectivity index is 2.12. The number of aldehydes is 1. The lowest BCUT2D eigenvalue weighted by atomic mass is 10.0. The minimum absolute atomic E-state index is 0.0303. The van der Waals surface area contributed by atoms with Crippen molar-refractivity contribution in [2.24, 2.45) is 0 Å². The van der Waals surface area contributed by atoms with Gasteiger partial charge in [0, 0.05) is 0 Å². The molecule has 0 saturated carbocycles. The normalized spacial score (nSPS) is 15.3. The zero-order valence-electron chi connectivity index (χ0n) is 19.2. The topological polar surface area (TPSA) is 73.9 Å². The summed E-state index contributed by atoms with van der Waals surface area (Å²) in [4.78, 5) is 23.9. The molecule has 0 aliphatic carbocycles. The summed E-state index contributed by atoms with van der Waals surface area (Å²) in [5.41, 5.74) is 0.198. The zero-order chi connectivity index (χ0) is 23.1. The van der Waals surface area contributed by atoms with E-state index >= 15 is 0 Å². The van der Waals surface area contributed by atoms with Gasteiger partial charge >= 0.3 is 6.09 Å². The number of hydrogen-bond acceptors (Lipinski definition) is 5. The van der Waals surface area contributed by atoms with Gasteiger partial charge in [0.05, 0.1) is 12.7 Å². The molecule has 2 aromatic rings. The van der Waals surface area contributed by atoms with Crippen molar-refractivity contribution in [1.82, 2.24) is 5.32 Å². The Morgan fingerprint density at radius 2 is 1.65 bits per heavy atom. The molecule has 168 valence electrons. The molecule has 2 rings (SSSR count). The standard InChI is InChI=1S/C25H33NO5/c1-18-12-14-20(15-13-18)22(30-21-10-8-7-9-11-21)19(2)29-17-25(6,16-27)26-23(28)31-24(3,4)5/h7-16,19,22H,17H2,1-6H3,(H,26,28)/t19-,22-,25-/m0/s1. The quantitative estimate of drug-likeness (QED) is 0.570. The summed E-state index contributed by atoms with van der Waals surface area (Å²) in [6.07, 6.45) is -0.820. The monoisotopic (exact) mass is 427 g/mol. The van der Waals surface area contributed by atoms with Crippen LogP contribution in [0.25, 0.3) is 0 Å². The Bertz CT molecular complexity index is 844. The summed E-state index contributed by atoms with van der Waals surface area (Å²) in [6.45, 7) is 10.7. The third-order valence-electron chi connectivity index (χ3n) is 4.53. The number of amides is 1. The lowest BCUT2D eigenvalue weighted by Crippen LogP contribution is -2.53. The number of hydrogen-bond donors (Lipinski definition) is 1. The third-order valence-corrected chi connectivity index (χ3v) is 4.53. The van der Waals surface area contributed by atoms with E-state index in [1.807, 2.05) is 68.4 Å². The van der Waals surface area contributed by atoms with Gasteiger partial charge in [0.2, 0.25) is 0 Å². The molecule has 0 fully saturated rings. The smallest absolute Gasteiger partial charge is 0.408 e. The van der Waals surface area contributed by atoms with Crippen molar-refractivity contribution in [2.75, 3.05) is 6.61 Å². The van der Waals surface area contributed by atoms with Crippen LogP contribution in [0, 0.1) is 6.92 Å². The van der Waals surface area contributed by atoms with E-state index in [0.717, 1.165) is 11.1 Å². The van der Waals surface area contributed by atoms with Crippen molar-refractivity contribution < 1.29 is 23.8 Å². The molecule has 1 amide bonds. The first kappa shape index (κ1) is 24.4. The Hall–Kier alpha value is -2.86. The zero-order valence-corrected chi connectivity index (χ0v) is 19.2. The van der Waals surface area contributed by atoms with E-state index in [2.05, 4.69) is 5.32 Å². The maximum atomic E-state index is 12.1. The van der Waals surface area contributed by atoms with Gasteiger partial charge in [-0.2, -0.15) is 0 Å². The molecule has 0 aromatic heterocycles. The van der Waals surface area contributed by atoms with Gasteiger partial charge in [-0.25, -0.2) is 4.79 Å². The molecule has 0 radical (unpaired) electrons. The highest BCUT2D eigenvalue weighted by atomic mass is 16.6. The van der Waals surface area contributed by atoms with Crippen molar-refractivity contribution in [2.45, 2.75) is 64.9 Å². The van der Waals surface area contributed by atoms with Crippen molar-refractivity contribution in [1.29, 1.82) is 0 Å². The summed E-state index contributed by atoms with van der Waals surface area (Å²) >= 11 is 0. The molecule has 0 saturated heterocycles. The lowest BCUT2D eigenvalue weighted by molar-refractivity contribution is -0.117. The number of benzene rings is 2. The molecule has 0 spiro atoms. The van der Waals surface area contributed by atoms with Gasteiger partial charge in [-0.1, -0.05) is 48.0 Å². The van der Waals surface area contributed by atoms with Crippen LogP contribution in [-0.2, 0) is 14.3 Å². The number of alkyl carbamates (subject to hydrolysis) is 1. The molecule has 0 heterocycles. The van der Waals surface area contributed by atoms with Crippen LogP contribution < -0.4 is 10.1 Å². The number of ether oxygens (including phenoxy) is 3. The highest BCUT2D eigenvalue weighted by Crippen LogP contribution is 2.27. The summed E-state index contributed by atoms with van der Waals surface area (Å²) in [5, 5.41) is 2.60. The molecule has 31 heavy (non-hydrogen) atoms. The highest BCUT2D eigenvalue weighted by molar-refractivity contribution is 5.76. The van der Waals surface area contributed by atoms with Gasteiger partial charge in [0.15, 0.2) is 0 Å². The fourth-order valence-corrected chi connectivity index (χ4v) is 2.86. The maximum Gasteiger partial charge on any atom is 0.408 e. The molecule has 6 nitrogen and oxygen atoms in total. The van der Waals surface area contributed by atoms with Crippen LogP contribution >= 0.6 is 0 Å². The van der Waals surface area contributed by atoms with Crippen molar-refractivity contribution in [3.05, 3.63) is 65.7 Å². The summed E-state index contributed by atoms with van der Waals surface area (Å²) in [7, 11) is 0. The van der Waals surface area contributed by atoms with E-state index in [-0.39, 0.29) is 6.61 Å². The highest BCUT2D eigenvalue weighted by Gasteiger charge is 2.31. The number of nitrogens with one attached hydrogen (secondary N) is 1. The van der Waals surface area contributed by atoms with Crippen molar-refractivity contribution >= 4 is 12.4 Å². The van der Waals surface area contributed by atoms with E-state index in [1.54, 1.807) is 27.7 Å². The second-order valence-electron chi connectivity index (χ2n) is 8.94. The Labute approximate surface area is 184 Å². The first-order valence-electron chi connectivity index (χ1n) is 10.4. The largest absolute Gasteiger partial charge is 0.483 e. The van der Waals surface area contributed by atoms with Gasteiger partial charge in [-0.15, -0.1) is 0 Å². The van der Waals surface area contributed by atoms with Crippen LogP contribution in [0.1, 0.15) is 51.8 Å². The fourth-order valence-electron chi connectivity index (χ4n) is 2.86. The first-order valence-corrected chi connectivity index (χ1v) is 10.4. The van der Waals surface area contributed by atoms with Crippen molar-refractivity contribution in [3.63, 3.8) is 0 Å². The predicted octanol–water partition coefficient (Wildman–Crippen LogP) is 5.00. The third kappa shape index (κ3) is 8.06. The van der Waals surface area contributed by atoms with Gasteiger partial charge in [-0.3, -0.25) is 0 Å². The first-order chi connectivity index (χ1) is 14.5. The van der Waals surface area contributed by atoms with E-state index < -0.39 is 29.4 Å². The molecule has 1 N–H and O–H groups in total. The molecule has 0 aliphatic heterocycles. The molecule has 2 aromatic carbocycles. The van der Waals surface area contributed by atoms with E-state index in [0.29, 0.717) is 12.0 Å². The summed E-state index contributed by atoms with van der Waals surface area (Å²) in [5.74, 6) is 0.716. The Kier molecular flexibility index (Phi) is 8.22. The summed E-state index contributed by atoms with van der Waals surface area (Å²) < 4.78 is 17.5. The minimum Gasteiger partial charge on any atom is -0.483 e. The number of carbonyl (C=O) groups is 2. The predicted molar refractivity (Wildman–Crippen MR) is 120 cm³/mol. The molecular formula is C25H33NO5. The number of rotatable bonds is 9. The Morgan fingerprint density at radius 1 is 1.03 bits per heavy atom. The molecular weight excluding hydrogens is 394 g/mol. The lowest BCUT2D eigenvalue weighted by Gasteiger charge is -2.31.